The number of fused-ring (bicyclic) bond motifs is 1. The number of amides is 2. The van der Waals surface area contributed by atoms with E-state index in [1.807, 2.05) is 12.1 Å². The van der Waals surface area contributed by atoms with Crippen molar-refractivity contribution in [1.29, 1.82) is 0 Å². The number of hydrogen-bond donors (Lipinski definition) is 2. The summed E-state index contributed by atoms with van der Waals surface area (Å²) in [6.45, 7) is 0.272. The van der Waals surface area contributed by atoms with Gasteiger partial charge in [0.1, 0.15) is 0 Å². The van der Waals surface area contributed by atoms with Gasteiger partial charge < -0.3 is 10.0 Å². The third kappa shape index (κ3) is 3.85. The van der Waals surface area contributed by atoms with E-state index in [-0.39, 0.29) is 24.8 Å². The van der Waals surface area contributed by atoms with Gasteiger partial charge in [0.05, 0.1) is 18.8 Å². The second kappa shape index (κ2) is 7.79. The Bertz CT molecular complexity index is 529. The second-order valence-electron chi connectivity index (χ2n) is 6.46. The van der Waals surface area contributed by atoms with Gasteiger partial charge >= 0.3 is 6.03 Å². The summed E-state index contributed by atoms with van der Waals surface area (Å²) < 4.78 is 0. The van der Waals surface area contributed by atoms with Crippen LogP contribution in [0, 0.1) is 0 Å². The highest BCUT2D eigenvalue weighted by Gasteiger charge is 2.29. The van der Waals surface area contributed by atoms with Gasteiger partial charge in [-0.1, -0.05) is 37.1 Å². The summed E-state index contributed by atoms with van der Waals surface area (Å²) in [5.41, 5.74) is 5.11. The molecular weight excluding hydrogens is 292 g/mol. The average Bonchev–Trinajstić information content (AvgIpc) is 3.11. The first-order valence-corrected chi connectivity index (χ1v) is 8.70. The quantitative estimate of drug-likeness (QED) is 0.821. The molecule has 5 nitrogen and oxygen atoms in total. The van der Waals surface area contributed by atoms with E-state index in [2.05, 4.69) is 17.6 Å². The summed E-state index contributed by atoms with van der Waals surface area (Å²) in [4.78, 5) is 19.8. The number of hydroxylamine groups is 1. The maximum absolute atomic E-state index is 12.6. The molecule has 1 aromatic carbocycles. The molecule has 0 aliphatic heterocycles. The average molecular weight is 318 g/mol. The predicted molar refractivity (Wildman–Crippen MR) is 87.8 cm³/mol. The number of nitrogens with zero attached hydrogens (tertiary/aromatic N) is 1. The van der Waals surface area contributed by atoms with Crippen LogP contribution in [0.15, 0.2) is 24.3 Å². The van der Waals surface area contributed by atoms with Crippen LogP contribution in [0.3, 0.4) is 0 Å². The van der Waals surface area contributed by atoms with E-state index >= 15 is 0 Å². The largest absolute Gasteiger partial charge is 0.395 e. The lowest BCUT2D eigenvalue weighted by Crippen LogP contribution is -2.45. The highest BCUT2D eigenvalue weighted by Crippen LogP contribution is 2.34. The Morgan fingerprint density at radius 3 is 2.78 bits per heavy atom. The lowest BCUT2D eigenvalue weighted by Gasteiger charge is -2.35. The molecule has 0 saturated heterocycles. The molecule has 2 N–H and O–H groups in total. The van der Waals surface area contributed by atoms with Crippen molar-refractivity contribution < 1.29 is 14.7 Å². The summed E-state index contributed by atoms with van der Waals surface area (Å²) in [5, 5.41) is 9.38. The number of aryl methyl sites for hydroxylation is 1. The Labute approximate surface area is 137 Å². The molecule has 1 saturated carbocycles. The second-order valence-corrected chi connectivity index (χ2v) is 6.46. The van der Waals surface area contributed by atoms with Crippen LogP contribution in [0.1, 0.15) is 55.7 Å². The maximum Gasteiger partial charge on any atom is 0.341 e. The number of benzene rings is 1. The van der Waals surface area contributed by atoms with Gasteiger partial charge in [-0.3, -0.25) is 4.84 Å². The first-order valence-electron chi connectivity index (χ1n) is 8.70. The zero-order chi connectivity index (χ0) is 16.1. The third-order valence-electron chi connectivity index (χ3n) is 4.93. The Kier molecular flexibility index (Phi) is 5.51. The lowest BCUT2D eigenvalue weighted by molar-refractivity contribution is -0.0127. The van der Waals surface area contributed by atoms with Gasteiger partial charge in [-0.2, -0.15) is 0 Å². The van der Waals surface area contributed by atoms with E-state index in [1.54, 1.807) is 4.90 Å². The van der Waals surface area contributed by atoms with Crippen LogP contribution in [0.4, 0.5) is 4.79 Å². The molecule has 3 rings (SSSR count). The molecule has 0 radical (unpaired) electrons. The third-order valence-corrected chi connectivity index (χ3v) is 4.93. The molecule has 1 fully saturated rings. The van der Waals surface area contributed by atoms with Crippen LogP contribution in [0.5, 0.6) is 0 Å². The number of carbonyl (C=O) groups excluding carboxylic acids is 1. The Morgan fingerprint density at radius 2 is 2.00 bits per heavy atom. The first kappa shape index (κ1) is 16.3. The summed E-state index contributed by atoms with van der Waals surface area (Å²) in [6.07, 6.45) is 7.51. The van der Waals surface area contributed by atoms with E-state index in [4.69, 9.17) is 4.84 Å². The van der Waals surface area contributed by atoms with Crippen LogP contribution in [0.25, 0.3) is 0 Å². The molecule has 0 spiro atoms. The van der Waals surface area contributed by atoms with Gasteiger partial charge in [-0.05, 0) is 43.2 Å². The summed E-state index contributed by atoms with van der Waals surface area (Å²) in [6, 6.07) is 8.05. The van der Waals surface area contributed by atoms with Crippen molar-refractivity contribution in [3.05, 3.63) is 35.4 Å². The molecule has 2 amide bonds. The smallest absolute Gasteiger partial charge is 0.341 e. The molecule has 0 bridgehead atoms. The van der Waals surface area contributed by atoms with Crippen LogP contribution < -0.4 is 5.48 Å². The van der Waals surface area contributed by atoms with Crippen molar-refractivity contribution in [2.24, 2.45) is 0 Å². The summed E-state index contributed by atoms with van der Waals surface area (Å²) >= 11 is 0. The fraction of sp³-hybridized carbons (Fsp3) is 0.611. The van der Waals surface area contributed by atoms with Gasteiger partial charge in [0.15, 0.2) is 0 Å². The molecule has 0 heterocycles. The molecule has 1 atom stereocenters. The van der Waals surface area contributed by atoms with Gasteiger partial charge in [-0.25, -0.2) is 10.3 Å². The molecule has 2 aliphatic carbocycles. The van der Waals surface area contributed by atoms with Gasteiger partial charge in [0, 0.05) is 6.54 Å². The van der Waals surface area contributed by atoms with Crippen molar-refractivity contribution in [2.75, 3.05) is 13.2 Å². The standard InChI is InChI=1S/C18H26N2O3/c21-13-12-20(18(22)19-23-15-8-2-3-9-15)17-11-5-7-14-6-1-4-10-16(14)17/h1,4,6,10,15,17,21H,2-3,5,7-9,11-13H2,(H,19,22). The van der Waals surface area contributed by atoms with Crippen molar-refractivity contribution in [3.8, 4) is 0 Å². The summed E-state index contributed by atoms with van der Waals surface area (Å²) in [5.74, 6) is 0. The topological polar surface area (TPSA) is 61.8 Å². The SMILES string of the molecule is O=C(NOC1CCCC1)N(CCO)C1CCCc2ccccc21. The fourth-order valence-electron chi connectivity index (χ4n) is 3.76. The van der Waals surface area contributed by atoms with Gasteiger partial charge in [0.2, 0.25) is 0 Å². The molecule has 1 unspecified atom stereocenters. The number of aliphatic hydroxyl groups excluding tert-OH is 1. The zero-order valence-electron chi connectivity index (χ0n) is 13.5. The van der Waals surface area contributed by atoms with Crippen LogP contribution in [0.2, 0.25) is 0 Å². The van der Waals surface area contributed by atoms with Crippen LogP contribution in [-0.2, 0) is 11.3 Å². The zero-order valence-corrected chi connectivity index (χ0v) is 13.5. The minimum atomic E-state index is -0.243. The lowest BCUT2D eigenvalue weighted by atomic mass is 9.87. The van der Waals surface area contributed by atoms with E-state index in [9.17, 15) is 9.90 Å². The maximum atomic E-state index is 12.6. The monoisotopic (exact) mass is 318 g/mol. The Hall–Kier alpha value is -1.59. The van der Waals surface area contributed by atoms with Crippen molar-refractivity contribution in [1.82, 2.24) is 10.4 Å². The molecule has 1 aromatic rings. The van der Waals surface area contributed by atoms with Crippen molar-refractivity contribution in [2.45, 2.75) is 57.1 Å². The first-order chi connectivity index (χ1) is 11.3. The van der Waals surface area contributed by atoms with Gasteiger partial charge in [-0.15, -0.1) is 0 Å². The van der Waals surface area contributed by atoms with Crippen molar-refractivity contribution in [3.63, 3.8) is 0 Å². The van der Waals surface area contributed by atoms with E-state index in [1.165, 1.54) is 11.1 Å². The summed E-state index contributed by atoms with van der Waals surface area (Å²) in [7, 11) is 0. The minimum absolute atomic E-state index is 0.0132. The molecule has 2 aliphatic rings. The fourth-order valence-corrected chi connectivity index (χ4v) is 3.76. The Morgan fingerprint density at radius 1 is 1.22 bits per heavy atom. The normalized spacial score (nSPS) is 21.0. The number of rotatable bonds is 5. The van der Waals surface area contributed by atoms with E-state index in [0.717, 1.165) is 44.9 Å². The van der Waals surface area contributed by atoms with E-state index in [0.29, 0.717) is 6.54 Å². The number of carbonyl (C=O) groups is 1. The van der Waals surface area contributed by atoms with Crippen molar-refractivity contribution >= 4 is 6.03 Å². The van der Waals surface area contributed by atoms with Gasteiger partial charge in [0.25, 0.3) is 0 Å². The number of aliphatic hydroxyl groups is 1. The molecule has 126 valence electrons. The van der Waals surface area contributed by atoms with Crippen LogP contribution >= 0.6 is 0 Å². The number of hydrogen-bond acceptors (Lipinski definition) is 3. The van der Waals surface area contributed by atoms with Crippen LogP contribution in [-0.4, -0.2) is 35.3 Å². The predicted octanol–water partition coefficient (Wildman–Crippen LogP) is 2.94. The Balaban J connectivity index is 1.69. The van der Waals surface area contributed by atoms with E-state index < -0.39 is 0 Å². The molecule has 23 heavy (non-hydrogen) atoms. The highest BCUT2D eigenvalue weighted by molar-refractivity contribution is 5.73. The highest BCUT2D eigenvalue weighted by atomic mass is 16.7. The molecular formula is C18H26N2O3. The molecule has 5 heteroatoms. The number of urea groups is 1. The minimum Gasteiger partial charge on any atom is -0.395 e. The molecule has 0 aromatic heterocycles. The number of nitrogens with one attached hydrogen (secondary N) is 1.